The van der Waals surface area contributed by atoms with Crippen LogP contribution in [0.4, 0.5) is 0 Å². The Morgan fingerprint density at radius 3 is 1.37 bits per heavy atom. The normalized spacial score (nSPS) is 18.9. The molecule has 0 saturated carbocycles. The molecule has 11 nitrogen and oxygen atoms in total. The second-order valence-corrected chi connectivity index (χ2v) is 22.4. The molecule has 458 valence electrons. The van der Waals surface area contributed by atoms with E-state index in [0.717, 1.165) is 96.3 Å². The molecule has 1 amide bonds. The maximum Gasteiger partial charge on any atom is 0.305 e. The van der Waals surface area contributed by atoms with Gasteiger partial charge in [-0.1, -0.05) is 241 Å². The minimum Gasteiger partial charge on any atom is -0.466 e. The van der Waals surface area contributed by atoms with Gasteiger partial charge in [0, 0.05) is 12.8 Å². The molecule has 1 aliphatic heterocycles. The van der Waals surface area contributed by atoms with Gasteiger partial charge in [0.15, 0.2) is 6.29 Å². The van der Waals surface area contributed by atoms with Gasteiger partial charge in [-0.15, -0.1) is 0 Å². The number of hydrogen-bond donors (Lipinski definition) is 6. The number of amides is 1. The molecule has 0 aromatic heterocycles. The van der Waals surface area contributed by atoms with Crippen LogP contribution in [0.5, 0.6) is 0 Å². The van der Waals surface area contributed by atoms with Gasteiger partial charge in [-0.2, -0.15) is 0 Å². The van der Waals surface area contributed by atoms with Crippen molar-refractivity contribution < 1.29 is 49.3 Å². The lowest BCUT2D eigenvalue weighted by atomic mass is 9.99. The molecule has 1 rings (SSSR count). The monoisotopic (exact) mass is 1110 g/mol. The Balaban J connectivity index is 2.04. The standard InChI is InChI=1S/C68H121NO10/c1-3-5-7-9-11-13-15-17-32-36-40-44-48-52-56-64(73)77-57-53-49-45-41-37-33-30-28-26-24-22-20-18-19-21-23-25-27-29-31-35-39-43-47-51-55-63(72)69-60(59-78-68-67(76)66(75)65(74)62(58-70)79-68)61(71)54-50-46-42-38-34-16-14-12-10-8-6-4-2/h9,11,15,17,19-22,34,38,50,54,60-62,65-68,70-71,74-76H,3-8,10,12-14,16,18,23-33,35-37,39-49,51-53,55-59H2,1-2H3,(H,69,72)/b11-9-,17-15-,21-19-,22-20-,38-34+,54-50+. The van der Waals surface area contributed by atoms with Crippen LogP contribution in [0.25, 0.3) is 0 Å². The molecule has 0 bridgehead atoms. The summed E-state index contributed by atoms with van der Waals surface area (Å²) in [6.45, 7) is 4.26. The number of esters is 1. The van der Waals surface area contributed by atoms with E-state index < -0.39 is 49.5 Å². The summed E-state index contributed by atoms with van der Waals surface area (Å²) in [6, 6.07) is -0.834. The molecule has 1 heterocycles. The number of nitrogens with one attached hydrogen (secondary N) is 1. The van der Waals surface area contributed by atoms with Gasteiger partial charge in [-0.05, 0) is 103 Å². The lowest BCUT2D eigenvalue weighted by Crippen LogP contribution is -2.60. The third-order valence-electron chi connectivity index (χ3n) is 15.0. The predicted octanol–water partition coefficient (Wildman–Crippen LogP) is 16.0. The third-order valence-corrected chi connectivity index (χ3v) is 15.0. The first kappa shape index (κ1) is 74.1. The topological polar surface area (TPSA) is 175 Å². The molecule has 1 fully saturated rings. The molecular weight excluding hydrogens is 991 g/mol. The number of hydrogen-bond acceptors (Lipinski definition) is 10. The average Bonchev–Trinajstić information content (AvgIpc) is 3.46. The van der Waals surface area contributed by atoms with E-state index in [9.17, 15) is 35.1 Å². The lowest BCUT2D eigenvalue weighted by Gasteiger charge is -2.40. The van der Waals surface area contributed by atoms with E-state index in [2.05, 4.69) is 79.9 Å². The number of ether oxygens (including phenoxy) is 3. The number of rotatable bonds is 56. The van der Waals surface area contributed by atoms with Crippen molar-refractivity contribution in [1.82, 2.24) is 5.32 Å². The molecular formula is C68H121NO10. The number of carbonyl (C=O) groups is 2. The zero-order chi connectivity index (χ0) is 57.3. The highest BCUT2D eigenvalue weighted by Crippen LogP contribution is 2.23. The fourth-order valence-corrected chi connectivity index (χ4v) is 9.79. The Bertz CT molecular complexity index is 1540. The summed E-state index contributed by atoms with van der Waals surface area (Å²) in [5, 5.41) is 54.4. The van der Waals surface area contributed by atoms with Gasteiger partial charge in [0.2, 0.25) is 5.91 Å². The van der Waals surface area contributed by atoms with Crippen LogP contribution < -0.4 is 5.32 Å². The van der Waals surface area contributed by atoms with Gasteiger partial charge < -0.3 is 45.1 Å². The molecule has 0 aromatic rings. The number of aliphatic hydroxyl groups excluding tert-OH is 5. The highest BCUT2D eigenvalue weighted by atomic mass is 16.7. The van der Waals surface area contributed by atoms with Crippen molar-refractivity contribution in [2.24, 2.45) is 0 Å². The molecule has 11 heteroatoms. The molecule has 0 spiro atoms. The Kier molecular flexibility index (Phi) is 53.4. The van der Waals surface area contributed by atoms with E-state index in [4.69, 9.17) is 14.2 Å². The quantitative estimate of drug-likeness (QED) is 0.0195. The Morgan fingerprint density at radius 1 is 0.468 bits per heavy atom. The van der Waals surface area contributed by atoms with Crippen LogP contribution in [0.1, 0.15) is 284 Å². The lowest BCUT2D eigenvalue weighted by molar-refractivity contribution is -0.302. The van der Waals surface area contributed by atoms with Crippen LogP contribution in [0.15, 0.2) is 72.9 Å². The molecule has 0 aliphatic carbocycles. The van der Waals surface area contributed by atoms with Gasteiger partial charge in [-0.25, -0.2) is 0 Å². The van der Waals surface area contributed by atoms with Gasteiger partial charge in [0.1, 0.15) is 24.4 Å². The maximum atomic E-state index is 13.0. The first-order valence-electron chi connectivity index (χ1n) is 32.7. The van der Waals surface area contributed by atoms with Gasteiger partial charge >= 0.3 is 5.97 Å². The summed E-state index contributed by atoms with van der Waals surface area (Å²) < 4.78 is 16.7. The van der Waals surface area contributed by atoms with E-state index in [-0.39, 0.29) is 18.5 Å². The summed E-state index contributed by atoms with van der Waals surface area (Å²) in [7, 11) is 0. The molecule has 1 saturated heterocycles. The summed E-state index contributed by atoms with van der Waals surface area (Å²) in [5.41, 5.74) is 0. The summed E-state index contributed by atoms with van der Waals surface area (Å²) in [4.78, 5) is 25.1. The van der Waals surface area contributed by atoms with Crippen LogP contribution >= 0.6 is 0 Å². The Hall–Kier alpha value is -2.90. The number of unbranched alkanes of at least 4 members (excludes halogenated alkanes) is 32. The van der Waals surface area contributed by atoms with Crippen molar-refractivity contribution in [2.75, 3.05) is 19.8 Å². The number of allylic oxidation sites excluding steroid dienone is 11. The minimum atomic E-state index is -1.58. The van der Waals surface area contributed by atoms with E-state index >= 15 is 0 Å². The number of aliphatic hydroxyl groups is 5. The fourth-order valence-electron chi connectivity index (χ4n) is 9.79. The molecule has 7 atom stereocenters. The highest BCUT2D eigenvalue weighted by Gasteiger charge is 2.44. The van der Waals surface area contributed by atoms with Crippen molar-refractivity contribution in [3.8, 4) is 0 Å². The van der Waals surface area contributed by atoms with Crippen molar-refractivity contribution in [2.45, 2.75) is 326 Å². The zero-order valence-electron chi connectivity index (χ0n) is 50.6. The molecule has 0 radical (unpaired) electrons. The van der Waals surface area contributed by atoms with Crippen molar-refractivity contribution >= 4 is 11.9 Å². The van der Waals surface area contributed by atoms with Gasteiger partial charge in [0.25, 0.3) is 0 Å². The SMILES string of the molecule is CCCC/C=C\C/C=C\CCCCCCCC(=O)OCCCCCCCCCCC/C=C\C/C=C\CCCCCCCCCCCC(=O)NC(COC1OC(CO)C(O)C(O)C1O)C(O)/C=C/CC/C=C/CCCCCCCC. The molecule has 79 heavy (non-hydrogen) atoms. The van der Waals surface area contributed by atoms with E-state index in [1.54, 1.807) is 6.08 Å². The first-order valence-corrected chi connectivity index (χ1v) is 32.7. The third kappa shape index (κ3) is 46.3. The molecule has 0 aromatic carbocycles. The number of carbonyl (C=O) groups excluding carboxylic acids is 2. The second-order valence-electron chi connectivity index (χ2n) is 22.4. The summed E-state index contributed by atoms with van der Waals surface area (Å²) >= 11 is 0. The first-order chi connectivity index (χ1) is 38.7. The van der Waals surface area contributed by atoms with Crippen LogP contribution in [0, 0.1) is 0 Å². The van der Waals surface area contributed by atoms with E-state index in [0.29, 0.717) is 19.4 Å². The maximum absolute atomic E-state index is 13.0. The van der Waals surface area contributed by atoms with Crippen LogP contribution in [0.3, 0.4) is 0 Å². The zero-order valence-corrected chi connectivity index (χ0v) is 50.6. The molecule has 6 N–H and O–H groups in total. The van der Waals surface area contributed by atoms with Crippen molar-refractivity contribution in [3.63, 3.8) is 0 Å². The Labute approximate surface area is 483 Å². The van der Waals surface area contributed by atoms with Gasteiger partial charge in [-0.3, -0.25) is 9.59 Å². The Morgan fingerprint density at radius 2 is 0.873 bits per heavy atom. The van der Waals surface area contributed by atoms with Gasteiger partial charge in [0.05, 0.1) is 32.0 Å². The van der Waals surface area contributed by atoms with Crippen LogP contribution in [0.2, 0.25) is 0 Å². The smallest absolute Gasteiger partial charge is 0.305 e. The fraction of sp³-hybridized carbons (Fsp3) is 0.794. The largest absolute Gasteiger partial charge is 0.466 e. The molecule has 1 aliphatic rings. The minimum absolute atomic E-state index is 0.0174. The summed E-state index contributed by atoms with van der Waals surface area (Å²) in [5.74, 6) is -0.217. The highest BCUT2D eigenvalue weighted by molar-refractivity contribution is 5.76. The second kappa shape index (κ2) is 56.9. The van der Waals surface area contributed by atoms with Crippen LogP contribution in [-0.4, -0.2) is 100 Å². The predicted molar refractivity (Wildman–Crippen MR) is 329 cm³/mol. The van der Waals surface area contributed by atoms with E-state index in [1.807, 2.05) is 6.08 Å². The van der Waals surface area contributed by atoms with Crippen LogP contribution in [-0.2, 0) is 23.8 Å². The molecule has 7 unspecified atom stereocenters. The van der Waals surface area contributed by atoms with Crippen molar-refractivity contribution in [3.05, 3.63) is 72.9 Å². The average molecular weight is 1110 g/mol. The van der Waals surface area contributed by atoms with Crippen molar-refractivity contribution in [1.29, 1.82) is 0 Å². The summed E-state index contributed by atoms with van der Waals surface area (Å²) in [6.07, 6.45) is 65.8. The van der Waals surface area contributed by atoms with E-state index in [1.165, 1.54) is 161 Å².